The molecular weight excluding hydrogens is 322 g/mol. The Bertz CT molecular complexity index is 864. The number of imidazole rings is 1. The molecule has 1 fully saturated rings. The number of anilines is 1. The first-order valence-electron chi connectivity index (χ1n) is 7.35. The Hall–Kier alpha value is -2.34. The van der Waals surface area contributed by atoms with Crippen LogP contribution in [0, 0.1) is 0 Å². The summed E-state index contributed by atoms with van der Waals surface area (Å²) in [6.07, 6.45) is -3.78. The lowest BCUT2D eigenvalue weighted by Gasteiger charge is -2.16. The molecule has 0 spiro atoms. The van der Waals surface area contributed by atoms with Crippen LogP contribution in [-0.4, -0.2) is 66.3 Å². The van der Waals surface area contributed by atoms with Gasteiger partial charge < -0.3 is 25.4 Å². The van der Waals surface area contributed by atoms with Crippen LogP contribution in [0.5, 0.6) is 0 Å². The Labute approximate surface area is 134 Å². The lowest BCUT2D eigenvalue weighted by atomic mass is 10.1. The highest BCUT2D eigenvalue weighted by Gasteiger charge is 2.44. The average molecular weight is 339 g/mol. The Morgan fingerprint density at radius 1 is 1.38 bits per heavy atom. The zero-order valence-electron chi connectivity index (χ0n) is 12.7. The van der Waals surface area contributed by atoms with E-state index < -0.39 is 42.3 Å². The number of aliphatic hydroxyl groups is 3. The summed E-state index contributed by atoms with van der Waals surface area (Å²) < 4.78 is 6.52. The number of hydrogen-bond acceptors (Lipinski definition) is 9. The zero-order chi connectivity index (χ0) is 17.4. The minimum atomic E-state index is -1.40. The van der Waals surface area contributed by atoms with Crippen LogP contribution in [0.2, 0.25) is 0 Å². The molecule has 1 aliphatic rings. The van der Waals surface area contributed by atoms with E-state index in [1.807, 2.05) is 0 Å². The van der Waals surface area contributed by atoms with Crippen molar-refractivity contribution in [1.82, 2.24) is 19.5 Å². The fourth-order valence-corrected chi connectivity index (χ4v) is 2.65. The van der Waals surface area contributed by atoms with Gasteiger partial charge in [0.1, 0.15) is 23.8 Å². The van der Waals surface area contributed by atoms with Crippen LogP contribution in [0.25, 0.3) is 11.0 Å². The largest absolute Gasteiger partial charge is 0.394 e. The molecule has 0 saturated carbocycles. The second-order valence-corrected chi connectivity index (χ2v) is 5.33. The molecule has 2 aromatic rings. The van der Waals surface area contributed by atoms with E-state index in [0.29, 0.717) is 6.54 Å². The molecule has 0 aromatic carbocycles. The van der Waals surface area contributed by atoms with Crippen molar-refractivity contribution in [3.63, 3.8) is 0 Å². The highest BCUT2D eigenvalue weighted by molar-refractivity contribution is 5.73. The molecule has 11 nitrogen and oxygen atoms in total. The molecule has 0 radical (unpaired) electrons. The van der Waals surface area contributed by atoms with Crippen molar-refractivity contribution in [3.8, 4) is 0 Å². The predicted octanol–water partition coefficient (Wildman–Crippen LogP) is -2.48. The molecule has 2 aromatic heterocycles. The van der Waals surface area contributed by atoms with Crippen LogP contribution >= 0.6 is 0 Å². The summed E-state index contributed by atoms with van der Waals surface area (Å²) >= 11 is 0. The first kappa shape index (κ1) is 16.5. The van der Waals surface area contributed by atoms with Crippen molar-refractivity contribution in [2.75, 3.05) is 18.5 Å². The molecule has 3 rings (SSSR count). The van der Waals surface area contributed by atoms with Crippen LogP contribution in [0.4, 0.5) is 5.95 Å². The highest BCUT2D eigenvalue weighted by atomic mass is 16.6. The lowest BCUT2D eigenvalue weighted by Crippen LogP contribution is -2.33. The van der Waals surface area contributed by atoms with Gasteiger partial charge in [-0.3, -0.25) is 19.1 Å². The molecule has 24 heavy (non-hydrogen) atoms. The first-order chi connectivity index (χ1) is 11.5. The summed E-state index contributed by atoms with van der Waals surface area (Å²) in [5, 5.41) is 31.8. The van der Waals surface area contributed by atoms with E-state index in [0.717, 1.165) is 10.9 Å². The number of nitrogens with zero attached hydrogens (tertiary/aromatic N) is 3. The van der Waals surface area contributed by atoms with Crippen molar-refractivity contribution in [2.45, 2.75) is 31.5 Å². The van der Waals surface area contributed by atoms with Gasteiger partial charge in [0.25, 0.3) is 5.56 Å². The quantitative estimate of drug-likeness (QED) is 0.406. The van der Waals surface area contributed by atoms with Crippen molar-refractivity contribution < 1.29 is 20.1 Å². The molecule has 4 atom stereocenters. The van der Waals surface area contributed by atoms with Gasteiger partial charge in [0.2, 0.25) is 5.95 Å². The van der Waals surface area contributed by atoms with E-state index in [1.54, 1.807) is 6.92 Å². The number of hydrogen-bond donors (Lipinski definition) is 5. The summed E-state index contributed by atoms with van der Waals surface area (Å²) in [7, 11) is 0. The summed E-state index contributed by atoms with van der Waals surface area (Å²) in [5.74, 6) is -0.00166. The van der Waals surface area contributed by atoms with E-state index in [-0.39, 0.29) is 17.0 Å². The summed E-state index contributed by atoms with van der Waals surface area (Å²) in [4.78, 5) is 34.6. The number of aliphatic hydroxyl groups excluding tert-OH is 3. The molecule has 0 amide bonds. The number of ether oxygens (including phenoxy) is 1. The standard InChI is InChI=1S/C13H17N5O6/c1-2-14-13-16-10(22)6-7(11(23)17-13)18(4-15-6)12-9(21)8(20)5(3-19)24-12/h4-5,8-9,12,19-21H,2-3H2,1H3,(H2,14,16,17,22,23)/t5-,8-,9-,12?/m1/s1. The number of H-pyrrole nitrogens is 1. The van der Waals surface area contributed by atoms with E-state index in [4.69, 9.17) is 9.84 Å². The Morgan fingerprint density at radius 3 is 2.75 bits per heavy atom. The minimum absolute atomic E-state index is 0.00166. The molecule has 130 valence electrons. The van der Waals surface area contributed by atoms with Crippen LogP contribution in [-0.2, 0) is 4.74 Å². The third-order valence-electron chi connectivity index (χ3n) is 3.79. The van der Waals surface area contributed by atoms with Crippen molar-refractivity contribution in [3.05, 3.63) is 27.0 Å². The number of nitrogens with one attached hydrogen (secondary N) is 2. The van der Waals surface area contributed by atoms with E-state index in [2.05, 4.69) is 20.3 Å². The molecule has 11 heteroatoms. The molecular formula is C13H17N5O6. The SMILES string of the molecule is CCNc1nc(=O)c2ncn(C3O[C@H](CO)[C@@H](O)[C@H]3O)c2c(=O)[nH]1. The second-order valence-electron chi connectivity index (χ2n) is 5.33. The fraction of sp³-hybridized carbons (Fsp3) is 0.538. The van der Waals surface area contributed by atoms with Crippen LogP contribution < -0.4 is 16.4 Å². The smallest absolute Gasteiger partial charge is 0.301 e. The normalized spacial score (nSPS) is 26.8. The Balaban J connectivity index is 2.18. The second kappa shape index (κ2) is 6.28. The topological polar surface area (TPSA) is 163 Å². The van der Waals surface area contributed by atoms with Gasteiger partial charge >= 0.3 is 5.56 Å². The van der Waals surface area contributed by atoms with Gasteiger partial charge in [-0.05, 0) is 6.92 Å². The highest BCUT2D eigenvalue weighted by Crippen LogP contribution is 2.30. The summed E-state index contributed by atoms with van der Waals surface area (Å²) in [6.45, 7) is 1.71. The van der Waals surface area contributed by atoms with Gasteiger partial charge in [0.05, 0.1) is 12.9 Å². The van der Waals surface area contributed by atoms with Gasteiger partial charge in [-0.1, -0.05) is 0 Å². The van der Waals surface area contributed by atoms with E-state index in [1.165, 1.54) is 0 Å². The molecule has 0 aliphatic carbocycles. The first-order valence-corrected chi connectivity index (χ1v) is 7.35. The van der Waals surface area contributed by atoms with Crippen LogP contribution in [0.15, 0.2) is 15.9 Å². The van der Waals surface area contributed by atoms with Crippen molar-refractivity contribution in [2.24, 2.45) is 0 Å². The maximum absolute atomic E-state index is 12.4. The average Bonchev–Trinajstić information content (AvgIpc) is 3.07. The molecule has 3 heterocycles. The number of fused-ring (bicyclic) bond motifs is 1. The molecule has 5 N–H and O–H groups in total. The van der Waals surface area contributed by atoms with Gasteiger partial charge in [0, 0.05) is 6.54 Å². The maximum atomic E-state index is 12.4. The predicted molar refractivity (Wildman–Crippen MR) is 81.6 cm³/mol. The zero-order valence-corrected chi connectivity index (χ0v) is 12.7. The minimum Gasteiger partial charge on any atom is -0.394 e. The van der Waals surface area contributed by atoms with E-state index in [9.17, 15) is 19.8 Å². The monoisotopic (exact) mass is 339 g/mol. The number of aromatic nitrogens is 4. The van der Waals surface area contributed by atoms with Gasteiger partial charge in [-0.15, -0.1) is 0 Å². The summed E-state index contributed by atoms with van der Waals surface area (Å²) in [5.41, 5.74) is -1.74. The lowest BCUT2D eigenvalue weighted by molar-refractivity contribution is -0.0509. The third kappa shape index (κ3) is 2.57. The van der Waals surface area contributed by atoms with E-state index >= 15 is 0 Å². The van der Waals surface area contributed by atoms with Crippen LogP contribution in [0.1, 0.15) is 13.2 Å². The maximum Gasteiger partial charge on any atom is 0.301 e. The molecule has 1 saturated heterocycles. The molecule has 1 aliphatic heterocycles. The van der Waals surface area contributed by atoms with Crippen molar-refractivity contribution >= 4 is 17.0 Å². The Kier molecular flexibility index (Phi) is 4.32. The van der Waals surface area contributed by atoms with Gasteiger partial charge in [-0.25, -0.2) is 4.98 Å². The van der Waals surface area contributed by atoms with Gasteiger partial charge in [0.15, 0.2) is 11.7 Å². The number of aromatic amines is 1. The van der Waals surface area contributed by atoms with Crippen LogP contribution in [0.3, 0.4) is 0 Å². The number of rotatable bonds is 4. The summed E-state index contributed by atoms with van der Waals surface area (Å²) in [6, 6.07) is 0. The Morgan fingerprint density at radius 2 is 2.12 bits per heavy atom. The van der Waals surface area contributed by atoms with Crippen molar-refractivity contribution in [1.29, 1.82) is 0 Å². The van der Waals surface area contributed by atoms with Gasteiger partial charge in [-0.2, -0.15) is 4.98 Å². The third-order valence-corrected chi connectivity index (χ3v) is 3.79. The fourth-order valence-electron chi connectivity index (χ4n) is 2.65. The molecule has 0 bridgehead atoms. The molecule has 1 unspecified atom stereocenters.